The summed E-state index contributed by atoms with van der Waals surface area (Å²) in [4.78, 5) is 32.1. The van der Waals surface area contributed by atoms with Crippen LogP contribution >= 0.6 is 0 Å². The Morgan fingerprint density at radius 1 is 1.36 bits per heavy atom. The molecule has 0 amide bonds. The Hall–Kier alpha value is -3.47. The molecule has 0 saturated heterocycles. The molecule has 2 aromatic heterocycles. The second-order valence-electron chi connectivity index (χ2n) is 6.33. The second kappa shape index (κ2) is 8.05. The van der Waals surface area contributed by atoms with Crippen LogP contribution in [0, 0.1) is 18.3 Å². The standard InChI is InChI=1S/C20H21N5O3/c1-4-6-17-22-12(3)18-20(27)23-19(24-25(17)18)14-11-13(15(26)9-10-21)7-8-16(14)28-5-2/h7-8,11H,4-6,9H2,1-3H3,(H,23,24,27). The normalized spacial score (nSPS) is 10.8. The van der Waals surface area contributed by atoms with E-state index < -0.39 is 0 Å². The minimum absolute atomic E-state index is 0.224. The van der Waals surface area contributed by atoms with Crippen LogP contribution in [0.3, 0.4) is 0 Å². The van der Waals surface area contributed by atoms with Gasteiger partial charge in [-0.25, -0.2) is 9.50 Å². The number of imidazole rings is 1. The van der Waals surface area contributed by atoms with Crippen molar-refractivity contribution in [1.29, 1.82) is 5.26 Å². The summed E-state index contributed by atoms with van der Waals surface area (Å²) < 4.78 is 7.22. The smallest absolute Gasteiger partial charge is 0.277 e. The first-order valence-electron chi connectivity index (χ1n) is 9.16. The highest BCUT2D eigenvalue weighted by molar-refractivity contribution is 5.98. The van der Waals surface area contributed by atoms with E-state index in [1.807, 2.05) is 19.9 Å². The minimum Gasteiger partial charge on any atom is -0.493 e. The van der Waals surface area contributed by atoms with Gasteiger partial charge in [0.05, 0.1) is 30.4 Å². The lowest BCUT2D eigenvalue weighted by Crippen LogP contribution is -2.16. The Bertz CT molecular complexity index is 1140. The predicted molar refractivity (Wildman–Crippen MR) is 104 cm³/mol. The SMILES string of the molecule is CCCc1nc(C)c2c(=O)[nH]c(-c3cc(C(=O)CC#N)ccc3OCC)nn12. The van der Waals surface area contributed by atoms with Crippen LogP contribution in [0.4, 0.5) is 0 Å². The van der Waals surface area contributed by atoms with Crippen LogP contribution < -0.4 is 10.3 Å². The van der Waals surface area contributed by atoms with Crippen LogP contribution in [0.25, 0.3) is 16.9 Å². The summed E-state index contributed by atoms with van der Waals surface area (Å²) >= 11 is 0. The zero-order valence-electron chi connectivity index (χ0n) is 16.1. The Morgan fingerprint density at radius 2 is 2.14 bits per heavy atom. The van der Waals surface area contributed by atoms with Gasteiger partial charge in [0.1, 0.15) is 11.6 Å². The number of aromatic nitrogens is 4. The summed E-state index contributed by atoms with van der Waals surface area (Å²) in [6.45, 7) is 6.06. The van der Waals surface area contributed by atoms with E-state index in [1.54, 1.807) is 29.6 Å². The van der Waals surface area contributed by atoms with Gasteiger partial charge in [-0.2, -0.15) is 5.26 Å². The molecule has 1 N–H and O–H groups in total. The summed E-state index contributed by atoms with van der Waals surface area (Å²) in [6, 6.07) is 6.71. The van der Waals surface area contributed by atoms with Gasteiger partial charge < -0.3 is 9.72 Å². The van der Waals surface area contributed by atoms with E-state index in [9.17, 15) is 9.59 Å². The number of aromatic amines is 1. The third-order valence-corrected chi connectivity index (χ3v) is 4.31. The number of fused-ring (bicyclic) bond motifs is 1. The van der Waals surface area contributed by atoms with Gasteiger partial charge in [0, 0.05) is 12.0 Å². The fourth-order valence-electron chi connectivity index (χ4n) is 3.09. The van der Waals surface area contributed by atoms with E-state index in [2.05, 4.69) is 15.1 Å². The number of benzene rings is 1. The number of H-pyrrole nitrogens is 1. The summed E-state index contributed by atoms with van der Waals surface area (Å²) in [6.07, 6.45) is 1.33. The topological polar surface area (TPSA) is 113 Å². The highest BCUT2D eigenvalue weighted by Gasteiger charge is 2.18. The van der Waals surface area contributed by atoms with E-state index in [-0.39, 0.29) is 23.6 Å². The largest absolute Gasteiger partial charge is 0.493 e. The van der Waals surface area contributed by atoms with Gasteiger partial charge >= 0.3 is 0 Å². The van der Waals surface area contributed by atoms with Crippen molar-refractivity contribution in [1.82, 2.24) is 19.6 Å². The van der Waals surface area contributed by atoms with E-state index >= 15 is 0 Å². The highest BCUT2D eigenvalue weighted by Crippen LogP contribution is 2.29. The number of aryl methyl sites for hydroxylation is 2. The molecule has 8 heteroatoms. The Balaban J connectivity index is 2.24. The van der Waals surface area contributed by atoms with Gasteiger partial charge in [-0.05, 0) is 38.5 Å². The Kier molecular flexibility index (Phi) is 5.54. The van der Waals surface area contributed by atoms with Crippen LogP contribution in [0.2, 0.25) is 0 Å². The van der Waals surface area contributed by atoms with Crippen molar-refractivity contribution in [3.8, 4) is 23.2 Å². The maximum Gasteiger partial charge on any atom is 0.277 e. The molecule has 0 bridgehead atoms. The second-order valence-corrected chi connectivity index (χ2v) is 6.33. The number of rotatable bonds is 7. The molecule has 144 valence electrons. The molecular weight excluding hydrogens is 358 g/mol. The summed E-state index contributed by atoms with van der Waals surface area (Å²) in [7, 11) is 0. The number of ether oxygens (including phenoxy) is 1. The van der Waals surface area contributed by atoms with Crippen LogP contribution in [-0.4, -0.2) is 32.0 Å². The maximum absolute atomic E-state index is 12.7. The fourth-order valence-corrected chi connectivity index (χ4v) is 3.09. The van der Waals surface area contributed by atoms with Gasteiger partial charge in [-0.3, -0.25) is 9.59 Å². The van der Waals surface area contributed by atoms with E-state index in [4.69, 9.17) is 10.00 Å². The summed E-state index contributed by atoms with van der Waals surface area (Å²) in [5, 5.41) is 13.4. The molecule has 0 saturated carbocycles. The van der Waals surface area contributed by atoms with Gasteiger partial charge in [-0.1, -0.05) is 6.92 Å². The minimum atomic E-state index is -0.312. The van der Waals surface area contributed by atoms with Crippen LogP contribution in [0.1, 0.15) is 48.6 Å². The zero-order valence-corrected chi connectivity index (χ0v) is 16.1. The highest BCUT2D eigenvalue weighted by atomic mass is 16.5. The summed E-state index contributed by atoms with van der Waals surface area (Å²) in [5.41, 5.74) is 1.55. The van der Waals surface area contributed by atoms with Crippen molar-refractivity contribution in [2.45, 2.75) is 40.0 Å². The number of nitriles is 1. The van der Waals surface area contributed by atoms with Crippen molar-refractivity contribution in [2.75, 3.05) is 6.61 Å². The van der Waals surface area contributed by atoms with E-state index in [0.29, 0.717) is 46.9 Å². The lowest BCUT2D eigenvalue weighted by Gasteiger charge is -2.11. The number of carbonyl (C=O) groups is 1. The first-order valence-corrected chi connectivity index (χ1v) is 9.16. The number of Topliss-reactive ketones (excluding diaryl/α,β-unsaturated/α-hetero) is 1. The fraction of sp³-hybridized carbons (Fsp3) is 0.350. The number of carbonyl (C=O) groups excluding carboxylic acids is 1. The first-order chi connectivity index (χ1) is 13.5. The van der Waals surface area contributed by atoms with Crippen molar-refractivity contribution in [3.63, 3.8) is 0 Å². The average molecular weight is 379 g/mol. The zero-order chi connectivity index (χ0) is 20.3. The number of nitrogens with zero attached hydrogens (tertiary/aromatic N) is 4. The first kappa shape index (κ1) is 19.3. The molecule has 0 spiro atoms. The Morgan fingerprint density at radius 3 is 2.82 bits per heavy atom. The Labute approximate surface area is 161 Å². The number of nitrogens with one attached hydrogen (secondary N) is 1. The van der Waals surface area contributed by atoms with Crippen LogP contribution in [0.15, 0.2) is 23.0 Å². The monoisotopic (exact) mass is 379 g/mol. The molecule has 3 rings (SSSR count). The average Bonchev–Trinajstić information content (AvgIpc) is 2.99. The van der Waals surface area contributed by atoms with Gasteiger partial charge in [0.2, 0.25) is 0 Å². The molecule has 0 fully saturated rings. The predicted octanol–water partition coefficient (Wildman–Crippen LogP) is 2.84. The third-order valence-electron chi connectivity index (χ3n) is 4.31. The molecule has 0 aliphatic rings. The maximum atomic E-state index is 12.7. The van der Waals surface area contributed by atoms with E-state index in [1.165, 1.54) is 0 Å². The van der Waals surface area contributed by atoms with Crippen LogP contribution in [-0.2, 0) is 6.42 Å². The molecule has 0 radical (unpaired) electrons. The molecule has 8 nitrogen and oxygen atoms in total. The molecule has 0 unspecified atom stereocenters. The van der Waals surface area contributed by atoms with E-state index in [0.717, 1.165) is 6.42 Å². The van der Waals surface area contributed by atoms with Crippen molar-refractivity contribution >= 4 is 11.3 Å². The molecule has 2 heterocycles. The van der Waals surface area contributed by atoms with Gasteiger partial charge in [-0.15, -0.1) is 5.10 Å². The third kappa shape index (κ3) is 3.51. The molecule has 3 aromatic rings. The molecule has 0 atom stereocenters. The number of hydrogen-bond donors (Lipinski definition) is 1. The molecule has 28 heavy (non-hydrogen) atoms. The van der Waals surface area contributed by atoms with Crippen molar-refractivity contribution in [2.24, 2.45) is 0 Å². The number of hydrogen-bond acceptors (Lipinski definition) is 6. The number of ketones is 1. The lowest BCUT2D eigenvalue weighted by atomic mass is 10.0. The van der Waals surface area contributed by atoms with Crippen molar-refractivity contribution in [3.05, 3.63) is 45.6 Å². The van der Waals surface area contributed by atoms with Crippen LogP contribution in [0.5, 0.6) is 5.75 Å². The molecular formula is C20H21N5O3. The van der Waals surface area contributed by atoms with Gasteiger partial charge in [0.15, 0.2) is 17.1 Å². The van der Waals surface area contributed by atoms with Gasteiger partial charge in [0.25, 0.3) is 5.56 Å². The summed E-state index contributed by atoms with van der Waals surface area (Å²) in [5.74, 6) is 1.17. The quantitative estimate of drug-likeness (QED) is 0.632. The lowest BCUT2D eigenvalue weighted by molar-refractivity contribution is 0.0997. The van der Waals surface area contributed by atoms with Crippen molar-refractivity contribution < 1.29 is 9.53 Å². The molecule has 0 aliphatic heterocycles. The molecule has 0 aliphatic carbocycles. The molecule has 1 aromatic carbocycles.